The third kappa shape index (κ3) is 4.81. The molecule has 9 nitrogen and oxygen atoms in total. The van der Waals surface area contributed by atoms with Crippen LogP contribution in [0.5, 0.6) is 0 Å². The van der Waals surface area contributed by atoms with E-state index in [1.165, 1.54) is 0 Å². The molecule has 0 atom stereocenters. The van der Waals surface area contributed by atoms with Crippen molar-refractivity contribution < 1.29 is 4.79 Å². The number of aromatic amines is 1. The highest BCUT2D eigenvalue weighted by Crippen LogP contribution is 2.33. The van der Waals surface area contributed by atoms with Crippen molar-refractivity contribution in [3.05, 3.63) is 65.2 Å². The van der Waals surface area contributed by atoms with Crippen LogP contribution in [0.4, 0.5) is 10.7 Å². The minimum Gasteiger partial charge on any atom is -0.338 e. The number of imidazole rings is 1. The Morgan fingerprint density at radius 2 is 1.97 bits per heavy atom. The summed E-state index contributed by atoms with van der Waals surface area (Å²) in [5.41, 5.74) is 4.73. The third-order valence-corrected chi connectivity index (χ3v) is 6.47. The van der Waals surface area contributed by atoms with Crippen molar-refractivity contribution in [1.82, 2.24) is 29.7 Å². The number of likely N-dealkylation sites (tertiary alicyclic amines) is 1. The topological polar surface area (TPSA) is 108 Å². The van der Waals surface area contributed by atoms with Gasteiger partial charge in [0.1, 0.15) is 0 Å². The molecule has 1 aromatic carbocycles. The summed E-state index contributed by atoms with van der Waals surface area (Å²) in [6, 6.07) is 13.2. The van der Waals surface area contributed by atoms with Gasteiger partial charge in [-0.15, -0.1) is 0 Å². The number of carbonyl (C=O) groups is 1. The number of carbonyl (C=O) groups excluding carboxylic acids is 1. The first-order chi connectivity index (χ1) is 17.0. The number of nitrogens with one attached hydrogen (secondary N) is 3. The first kappa shape index (κ1) is 22.8. The molecule has 35 heavy (non-hydrogen) atoms. The molecule has 3 N–H and O–H groups in total. The Morgan fingerprint density at radius 3 is 2.69 bits per heavy atom. The van der Waals surface area contributed by atoms with Crippen LogP contribution < -0.4 is 16.2 Å². The molecule has 0 radical (unpaired) electrons. The highest BCUT2D eigenvalue weighted by atomic mass is 16.2. The van der Waals surface area contributed by atoms with Gasteiger partial charge >= 0.3 is 6.03 Å². The molecule has 0 saturated carbocycles. The highest BCUT2D eigenvalue weighted by Gasteiger charge is 2.20. The van der Waals surface area contributed by atoms with Gasteiger partial charge in [-0.25, -0.2) is 9.78 Å². The summed E-state index contributed by atoms with van der Waals surface area (Å²) in [7, 11) is 2.11. The SMILES string of the molecule is CCNC(=O)Nc1nc2cc(-c3ccn(C4CCN(C)CC4)c(=O)c3)cc(-c3ccccn3)c2[nH]1. The fourth-order valence-electron chi connectivity index (χ4n) is 4.62. The number of piperidine rings is 1. The van der Waals surface area contributed by atoms with E-state index in [0.717, 1.165) is 53.8 Å². The number of rotatable bonds is 5. The molecule has 0 aliphatic carbocycles. The number of anilines is 1. The lowest BCUT2D eigenvalue weighted by Crippen LogP contribution is -2.35. The Balaban J connectivity index is 1.55. The first-order valence-electron chi connectivity index (χ1n) is 11.9. The van der Waals surface area contributed by atoms with Crippen molar-refractivity contribution >= 4 is 23.0 Å². The summed E-state index contributed by atoms with van der Waals surface area (Å²) in [5.74, 6) is 0.345. The number of hydrogen-bond donors (Lipinski definition) is 3. The number of amides is 2. The molecule has 180 valence electrons. The number of pyridine rings is 2. The maximum absolute atomic E-state index is 13.1. The molecule has 9 heteroatoms. The summed E-state index contributed by atoms with van der Waals surface area (Å²) in [5, 5.41) is 5.43. The maximum atomic E-state index is 13.1. The molecule has 1 aliphatic rings. The Morgan fingerprint density at radius 1 is 1.14 bits per heavy atom. The Labute approximate surface area is 203 Å². The van der Waals surface area contributed by atoms with Crippen molar-refractivity contribution in [1.29, 1.82) is 0 Å². The second-order valence-electron chi connectivity index (χ2n) is 8.90. The number of H-pyrrole nitrogens is 1. The van der Waals surface area contributed by atoms with Crippen molar-refractivity contribution in [2.75, 3.05) is 32.0 Å². The highest BCUT2D eigenvalue weighted by molar-refractivity contribution is 5.98. The van der Waals surface area contributed by atoms with Crippen molar-refractivity contribution in [2.45, 2.75) is 25.8 Å². The molecule has 4 heterocycles. The Kier molecular flexibility index (Phi) is 6.33. The average molecular weight is 472 g/mol. The zero-order valence-electron chi connectivity index (χ0n) is 19.9. The average Bonchev–Trinajstić information content (AvgIpc) is 3.27. The van der Waals surface area contributed by atoms with Crippen molar-refractivity contribution in [3.63, 3.8) is 0 Å². The lowest BCUT2D eigenvalue weighted by Gasteiger charge is -2.30. The van der Waals surface area contributed by atoms with Crippen LogP contribution >= 0.6 is 0 Å². The molecular formula is C26H29N7O2. The van der Waals surface area contributed by atoms with Crippen LogP contribution in [0.3, 0.4) is 0 Å². The van der Waals surface area contributed by atoms with Gasteiger partial charge in [-0.2, -0.15) is 0 Å². The van der Waals surface area contributed by atoms with Gasteiger partial charge in [0.15, 0.2) is 0 Å². The fraction of sp³-hybridized carbons (Fsp3) is 0.308. The summed E-state index contributed by atoms with van der Waals surface area (Å²) >= 11 is 0. The first-order valence-corrected chi connectivity index (χ1v) is 11.9. The molecule has 0 spiro atoms. The molecular weight excluding hydrogens is 442 g/mol. The van der Waals surface area contributed by atoms with Gasteiger partial charge in [0.25, 0.3) is 5.56 Å². The largest absolute Gasteiger partial charge is 0.338 e. The van der Waals surface area contributed by atoms with Crippen LogP contribution in [-0.2, 0) is 0 Å². The third-order valence-electron chi connectivity index (χ3n) is 6.47. The van der Waals surface area contributed by atoms with E-state index in [4.69, 9.17) is 0 Å². The molecule has 1 fully saturated rings. The predicted octanol–water partition coefficient (Wildman–Crippen LogP) is 3.86. The van der Waals surface area contributed by atoms with E-state index in [1.807, 2.05) is 54.1 Å². The van der Waals surface area contributed by atoms with E-state index < -0.39 is 0 Å². The second kappa shape index (κ2) is 9.71. The van der Waals surface area contributed by atoms with E-state index in [1.54, 1.807) is 12.3 Å². The number of aromatic nitrogens is 4. The summed E-state index contributed by atoms with van der Waals surface area (Å²) in [6.07, 6.45) is 5.59. The molecule has 4 aromatic rings. The number of nitrogens with zero attached hydrogens (tertiary/aromatic N) is 4. The summed E-state index contributed by atoms with van der Waals surface area (Å²) < 4.78 is 1.86. The zero-order chi connectivity index (χ0) is 24.4. The minimum atomic E-state index is -0.330. The zero-order valence-corrected chi connectivity index (χ0v) is 19.9. The van der Waals surface area contributed by atoms with Gasteiger partial charge in [0.05, 0.1) is 16.7 Å². The van der Waals surface area contributed by atoms with E-state index in [2.05, 4.69) is 37.5 Å². The lowest BCUT2D eigenvalue weighted by molar-refractivity contribution is 0.219. The summed E-state index contributed by atoms with van der Waals surface area (Å²) in [6.45, 7) is 4.35. The van der Waals surface area contributed by atoms with Crippen LogP contribution in [0.2, 0.25) is 0 Å². The quantitative estimate of drug-likeness (QED) is 0.410. The number of benzene rings is 1. The van der Waals surface area contributed by atoms with Gasteiger partial charge in [-0.3, -0.25) is 15.1 Å². The van der Waals surface area contributed by atoms with E-state index in [9.17, 15) is 9.59 Å². The molecule has 2 amide bonds. The maximum Gasteiger partial charge on any atom is 0.321 e. The number of fused-ring (bicyclic) bond motifs is 1. The van der Waals surface area contributed by atoms with Crippen molar-refractivity contribution in [2.24, 2.45) is 0 Å². The van der Waals surface area contributed by atoms with E-state index in [-0.39, 0.29) is 17.6 Å². The van der Waals surface area contributed by atoms with E-state index in [0.29, 0.717) is 18.0 Å². The van der Waals surface area contributed by atoms with Gasteiger partial charge in [-0.05, 0) is 81.4 Å². The minimum absolute atomic E-state index is 0.00263. The van der Waals surface area contributed by atoms with Crippen LogP contribution in [0.15, 0.2) is 59.7 Å². The smallest absolute Gasteiger partial charge is 0.321 e. The fourth-order valence-corrected chi connectivity index (χ4v) is 4.62. The predicted molar refractivity (Wildman–Crippen MR) is 137 cm³/mol. The number of urea groups is 1. The van der Waals surface area contributed by atoms with Gasteiger partial charge in [-0.1, -0.05) is 6.07 Å². The van der Waals surface area contributed by atoms with E-state index >= 15 is 0 Å². The van der Waals surface area contributed by atoms with Gasteiger partial charge < -0.3 is 19.8 Å². The van der Waals surface area contributed by atoms with Crippen molar-refractivity contribution in [3.8, 4) is 22.4 Å². The van der Waals surface area contributed by atoms with Gasteiger partial charge in [0.2, 0.25) is 5.95 Å². The molecule has 5 rings (SSSR count). The van der Waals surface area contributed by atoms with Crippen LogP contribution in [-0.4, -0.2) is 57.1 Å². The normalized spacial score (nSPS) is 14.8. The van der Waals surface area contributed by atoms with Crippen LogP contribution in [0, 0.1) is 0 Å². The monoisotopic (exact) mass is 471 g/mol. The van der Waals surface area contributed by atoms with Crippen LogP contribution in [0.1, 0.15) is 25.8 Å². The van der Waals surface area contributed by atoms with Crippen LogP contribution in [0.25, 0.3) is 33.4 Å². The number of hydrogen-bond acceptors (Lipinski definition) is 5. The Hall–Kier alpha value is -3.98. The molecule has 1 saturated heterocycles. The Bertz CT molecular complexity index is 1400. The lowest BCUT2D eigenvalue weighted by atomic mass is 10.00. The standard InChI is InChI=1S/C26H29N7O2/c1-3-27-26(35)31-25-29-22-15-18(14-20(24(22)30-25)21-6-4-5-10-28-21)17-7-13-33(23(34)16-17)19-8-11-32(2)12-9-19/h4-7,10,13-16,19H,3,8-9,11-12H2,1-2H3,(H3,27,29,30,31,35). The second-order valence-corrected chi connectivity index (χ2v) is 8.90. The molecule has 0 unspecified atom stereocenters. The summed E-state index contributed by atoms with van der Waals surface area (Å²) in [4.78, 5) is 39.7. The van der Waals surface area contributed by atoms with Gasteiger partial charge in [0, 0.05) is 36.6 Å². The molecule has 1 aliphatic heterocycles. The molecule has 3 aromatic heterocycles. The molecule has 0 bridgehead atoms.